The fraction of sp³-hybridized carbons (Fsp3) is 0.533. The van der Waals surface area contributed by atoms with Crippen LogP contribution in [0, 0.1) is 5.92 Å². The van der Waals surface area contributed by atoms with Crippen molar-refractivity contribution < 1.29 is 0 Å². The molecule has 0 saturated heterocycles. The highest BCUT2D eigenvalue weighted by Gasteiger charge is 2.20. The van der Waals surface area contributed by atoms with E-state index in [1.165, 1.54) is 32.1 Å². The zero-order valence-corrected chi connectivity index (χ0v) is 14.7. The van der Waals surface area contributed by atoms with Crippen molar-refractivity contribution >= 4 is 50.5 Å². The number of nitrogens with one attached hydrogen (secondary N) is 2. The van der Waals surface area contributed by atoms with E-state index in [4.69, 9.17) is 23.8 Å². The number of hydrogen-bond acceptors (Lipinski definition) is 1. The van der Waals surface area contributed by atoms with Gasteiger partial charge < -0.3 is 10.6 Å². The summed E-state index contributed by atoms with van der Waals surface area (Å²) in [5.74, 6) is 0.899. The van der Waals surface area contributed by atoms with E-state index in [-0.39, 0.29) is 0 Å². The minimum absolute atomic E-state index is 0.493. The van der Waals surface area contributed by atoms with Crippen LogP contribution in [-0.4, -0.2) is 11.2 Å². The molecule has 2 N–H and O–H groups in total. The highest BCUT2D eigenvalue weighted by Crippen LogP contribution is 2.27. The fourth-order valence-corrected chi connectivity index (χ4v) is 3.65. The fourth-order valence-electron chi connectivity index (χ4n) is 2.65. The number of thiocarbonyl (C=S) groups is 1. The summed E-state index contributed by atoms with van der Waals surface area (Å²) in [5.41, 5.74) is 0.842. The van der Waals surface area contributed by atoms with E-state index in [2.05, 4.69) is 33.5 Å². The zero-order chi connectivity index (χ0) is 14.5. The Kier molecular flexibility index (Phi) is 6.12. The summed E-state index contributed by atoms with van der Waals surface area (Å²) < 4.78 is 0.963. The molecule has 1 fully saturated rings. The molecule has 0 radical (unpaired) electrons. The van der Waals surface area contributed by atoms with Crippen LogP contribution in [0.5, 0.6) is 0 Å². The second-order valence-electron chi connectivity index (χ2n) is 5.35. The Labute approximate surface area is 139 Å². The quantitative estimate of drug-likeness (QED) is 0.696. The molecule has 2 nitrogen and oxygen atoms in total. The van der Waals surface area contributed by atoms with Crippen LogP contribution in [0.15, 0.2) is 22.7 Å². The number of hydrogen-bond donors (Lipinski definition) is 2. The van der Waals surface area contributed by atoms with Crippen molar-refractivity contribution in [3.63, 3.8) is 0 Å². The molecule has 1 saturated carbocycles. The van der Waals surface area contributed by atoms with Crippen LogP contribution in [0.1, 0.15) is 39.0 Å². The van der Waals surface area contributed by atoms with Crippen LogP contribution in [0.4, 0.5) is 5.69 Å². The molecule has 0 unspecified atom stereocenters. The van der Waals surface area contributed by atoms with Gasteiger partial charge in [-0.25, -0.2) is 0 Å². The van der Waals surface area contributed by atoms with E-state index >= 15 is 0 Å². The van der Waals surface area contributed by atoms with Crippen molar-refractivity contribution in [2.75, 3.05) is 5.32 Å². The van der Waals surface area contributed by atoms with Crippen LogP contribution in [0.3, 0.4) is 0 Å². The van der Waals surface area contributed by atoms with Crippen LogP contribution in [-0.2, 0) is 0 Å². The number of benzene rings is 1. The molecule has 0 amide bonds. The summed E-state index contributed by atoms with van der Waals surface area (Å²) in [5, 5.41) is 7.91. The first-order chi connectivity index (χ1) is 9.58. The molecule has 1 aliphatic rings. The van der Waals surface area contributed by atoms with Gasteiger partial charge in [-0.15, -0.1) is 0 Å². The third-order valence-corrected chi connectivity index (χ3v) is 4.96. The molecular formula is C15H20BrClN2S. The lowest BCUT2D eigenvalue weighted by molar-refractivity contribution is 0.306. The Morgan fingerprint density at radius 3 is 2.65 bits per heavy atom. The normalized spacial score (nSPS) is 22.4. The highest BCUT2D eigenvalue weighted by molar-refractivity contribution is 9.10. The Hall–Kier alpha value is -0.320. The topological polar surface area (TPSA) is 24.1 Å². The highest BCUT2D eigenvalue weighted by atomic mass is 79.9. The number of anilines is 1. The summed E-state index contributed by atoms with van der Waals surface area (Å²) in [4.78, 5) is 0. The molecule has 5 heteroatoms. The lowest BCUT2D eigenvalue weighted by Gasteiger charge is -2.29. The zero-order valence-electron chi connectivity index (χ0n) is 11.6. The van der Waals surface area contributed by atoms with Gasteiger partial charge in [0.2, 0.25) is 0 Å². The first-order valence-electron chi connectivity index (χ1n) is 7.11. The monoisotopic (exact) mass is 374 g/mol. The number of halogens is 2. The molecule has 1 aliphatic carbocycles. The predicted octanol–water partition coefficient (Wildman–Crippen LogP) is 5.36. The Morgan fingerprint density at radius 1 is 1.35 bits per heavy atom. The van der Waals surface area contributed by atoms with Gasteiger partial charge in [-0.05, 0) is 62.0 Å². The maximum atomic E-state index is 6.17. The van der Waals surface area contributed by atoms with Gasteiger partial charge in [-0.2, -0.15) is 0 Å². The van der Waals surface area contributed by atoms with Crippen LogP contribution in [0.2, 0.25) is 5.02 Å². The second-order valence-corrected chi connectivity index (χ2v) is 7.08. The molecule has 0 bridgehead atoms. The first kappa shape index (κ1) is 16.1. The SMILES string of the molecule is CCC1CCC(NC(=S)Nc2ccc(Br)cc2Cl)CC1. The molecule has 1 aromatic rings. The molecule has 2 rings (SSSR count). The van der Waals surface area contributed by atoms with Crippen LogP contribution >= 0.6 is 39.7 Å². The maximum absolute atomic E-state index is 6.17. The predicted molar refractivity (Wildman–Crippen MR) is 94.5 cm³/mol. The molecule has 110 valence electrons. The molecular weight excluding hydrogens is 356 g/mol. The molecule has 20 heavy (non-hydrogen) atoms. The van der Waals surface area contributed by atoms with E-state index in [9.17, 15) is 0 Å². The van der Waals surface area contributed by atoms with Gasteiger partial charge in [0.05, 0.1) is 10.7 Å². The van der Waals surface area contributed by atoms with Gasteiger partial charge in [0.15, 0.2) is 5.11 Å². The summed E-state index contributed by atoms with van der Waals surface area (Å²) >= 11 is 14.9. The van der Waals surface area contributed by atoms with Crippen molar-refractivity contribution in [3.05, 3.63) is 27.7 Å². The average Bonchev–Trinajstić information content (AvgIpc) is 2.43. The first-order valence-corrected chi connectivity index (χ1v) is 8.69. The van der Waals surface area contributed by atoms with E-state index in [0.29, 0.717) is 16.2 Å². The van der Waals surface area contributed by atoms with E-state index in [1.54, 1.807) is 0 Å². The van der Waals surface area contributed by atoms with Gasteiger partial charge >= 0.3 is 0 Å². The number of rotatable bonds is 3. The third kappa shape index (κ3) is 4.61. The average molecular weight is 376 g/mol. The maximum Gasteiger partial charge on any atom is 0.171 e. The minimum Gasteiger partial charge on any atom is -0.360 e. The summed E-state index contributed by atoms with van der Waals surface area (Å²) in [6.45, 7) is 2.28. The van der Waals surface area contributed by atoms with Crippen molar-refractivity contribution in [1.29, 1.82) is 0 Å². The second kappa shape index (κ2) is 7.62. The van der Waals surface area contributed by atoms with E-state index < -0.39 is 0 Å². The molecule has 0 heterocycles. The van der Waals surface area contributed by atoms with Crippen LogP contribution in [0.25, 0.3) is 0 Å². The Morgan fingerprint density at radius 2 is 2.05 bits per heavy atom. The Balaban J connectivity index is 1.84. The molecule has 0 aliphatic heterocycles. The van der Waals surface area contributed by atoms with E-state index in [1.807, 2.05) is 18.2 Å². The molecule has 0 spiro atoms. The van der Waals surface area contributed by atoms with Gasteiger partial charge in [-0.1, -0.05) is 40.9 Å². The van der Waals surface area contributed by atoms with Gasteiger partial charge in [0.25, 0.3) is 0 Å². The summed E-state index contributed by atoms with van der Waals surface area (Å²) in [6, 6.07) is 6.23. The smallest absolute Gasteiger partial charge is 0.171 e. The minimum atomic E-state index is 0.493. The van der Waals surface area contributed by atoms with Gasteiger partial charge in [0, 0.05) is 10.5 Å². The molecule has 0 atom stereocenters. The van der Waals surface area contributed by atoms with Crippen molar-refractivity contribution in [1.82, 2.24) is 5.32 Å². The lowest BCUT2D eigenvalue weighted by atomic mass is 9.85. The summed E-state index contributed by atoms with van der Waals surface area (Å²) in [7, 11) is 0. The molecule has 0 aromatic heterocycles. The van der Waals surface area contributed by atoms with E-state index in [0.717, 1.165) is 16.1 Å². The van der Waals surface area contributed by atoms with Crippen molar-refractivity contribution in [2.45, 2.75) is 45.1 Å². The van der Waals surface area contributed by atoms with Crippen LogP contribution < -0.4 is 10.6 Å². The third-order valence-electron chi connectivity index (χ3n) is 3.94. The summed E-state index contributed by atoms with van der Waals surface area (Å²) in [6.07, 6.45) is 6.30. The van der Waals surface area contributed by atoms with Crippen molar-refractivity contribution in [3.8, 4) is 0 Å². The Bertz CT molecular complexity index is 473. The largest absolute Gasteiger partial charge is 0.360 e. The molecule has 1 aromatic carbocycles. The lowest BCUT2D eigenvalue weighted by Crippen LogP contribution is -2.40. The van der Waals surface area contributed by atoms with Crippen molar-refractivity contribution in [2.24, 2.45) is 5.92 Å². The standard InChI is InChI=1S/C15H20BrClN2S/c1-2-10-3-6-12(7-4-10)18-15(20)19-14-8-5-11(16)9-13(14)17/h5,8-10,12H,2-4,6-7H2,1H3,(H2,18,19,20). The van der Waals surface area contributed by atoms with Gasteiger partial charge in [0.1, 0.15) is 0 Å². The van der Waals surface area contributed by atoms with Gasteiger partial charge in [-0.3, -0.25) is 0 Å².